The number of hydrogen-bond donors (Lipinski definition) is 1. The summed E-state index contributed by atoms with van der Waals surface area (Å²) in [6.45, 7) is 3.15. The van der Waals surface area contributed by atoms with Crippen LogP contribution in [0.2, 0.25) is 0 Å². The van der Waals surface area contributed by atoms with Crippen molar-refractivity contribution in [1.29, 1.82) is 0 Å². The van der Waals surface area contributed by atoms with Gasteiger partial charge in [-0.1, -0.05) is 0 Å². The van der Waals surface area contributed by atoms with E-state index in [9.17, 15) is 5.11 Å². The summed E-state index contributed by atoms with van der Waals surface area (Å²) in [5.41, 5.74) is 1.40. The molecule has 1 atom stereocenters. The van der Waals surface area contributed by atoms with Gasteiger partial charge in [0.1, 0.15) is 11.9 Å². The molecule has 2 aromatic rings. The molecule has 0 aromatic carbocycles. The van der Waals surface area contributed by atoms with Gasteiger partial charge in [0, 0.05) is 26.0 Å². The molecule has 108 valence electrons. The summed E-state index contributed by atoms with van der Waals surface area (Å²) < 4.78 is 1.92. The first-order valence-corrected chi connectivity index (χ1v) is 8.07. The summed E-state index contributed by atoms with van der Waals surface area (Å²) in [4.78, 5) is 6.75. The minimum absolute atomic E-state index is 0.329. The minimum Gasteiger partial charge on any atom is -0.385 e. The fourth-order valence-corrected chi connectivity index (χ4v) is 3.60. The monoisotopic (exact) mass is 291 g/mol. The van der Waals surface area contributed by atoms with Gasteiger partial charge in [-0.05, 0) is 54.2 Å². The molecule has 1 fully saturated rings. The van der Waals surface area contributed by atoms with Crippen molar-refractivity contribution in [3.05, 3.63) is 40.6 Å². The van der Waals surface area contributed by atoms with Gasteiger partial charge in [-0.3, -0.25) is 4.90 Å². The molecule has 0 aliphatic carbocycles. The number of aliphatic hydroxyl groups excluding tert-OH is 1. The van der Waals surface area contributed by atoms with Crippen LogP contribution < -0.4 is 0 Å². The Balaban J connectivity index is 1.54. The van der Waals surface area contributed by atoms with Gasteiger partial charge in [-0.15, -0.1) is 0 Å². The van der Waals surface area contributed by atoms with E-state index in [0.717, 1.165) is 38.3 Å². The second-order valence-electron chi connectivity index (χ2n) is 5.59. The summed E-state index contributed by atoms with van der Waals surface area (Å²) in [6.07, 6.45) is 5.29. The number of thiophene rings is 1. The Labute approximate surface area is 123 Å². The smallest absolute Gasteiger partial charge is 0.137 e. The number of hydrogen-bond acceptors (Lipinski definition) is 4. The molecule has 5 heteroatoms. The summed E-state index contributed by atoms with van der Waals surface area (Å²) in [6, 6.07) is 2.19. The van der Waals surface area contributed by atoms with E-state index >= 15 is 0 Å². The zero-order chi connectivity index (χ0) is 13.9. The fraction of sp³-hybridized carbons (Fsp3) is 0.533. The van der Waals surface area contributed by atoms with E-state index in [1.165, 1.54) is 5.56 Å². The third-order valence-electron chi connectivity index (χ3n) is 4.19. The lowest BCUT2D eigenvalue weighted by Crippen LogP contribution is -2.35. The van der Waals surface area contributed by atoms with E-state index < -0.39 is 6.10 Å². The minimum atomic E-state index is -0.432. The van der Waals surface area contributed by atoms with E-state index in [1.54, 1.807) is 17.5 Å². The Kier molecular flexibility index (Phi) is 4.19. The molecule has 1 N–H and O–H groups in total. The van der Waals surface area contributed by atoms with Gasteiger partial charge >= 0.3 is 0 Å². The van der Waals surface area contributed by atoms with Crippen LogP contribution in [0.25, 0.3) is 0 Å². The summed E-state index contributed by atoms with van der Waals surface area (Å²) in [5, 5.41) is 14.8. The van der Waals surface area contributed by atoms with Crippen molar-refractivity contribution in [2.45, 2.75) is 25.5 Å². The quantitative estimate of drug-likeness (QED) is 0.940. The third kappa shape index (κ3) is 2.95. The first-order valence-electron chi connectivity index (χ1n) is 7.13. The predicted octanol–water partition coefficient (Wildman–Crippen LogP) is 2.43. The highest BCUT2D eigenvalue weighted by Gasteiger charge is 2.28. The molecule has 20 heavy (non-hydrogen) atoms. The molecule has 2 aromatic heterocycles. The molecule has 0 saturated carbocycles. The molecule has 0 bridgehead atoms. The fourth-order valence-electron chi connectivity index (χ4n) is 2.94. The Morgan fingerprint density at radius 2 is 2.25 bits per heavy atom. The largest absolute Gasteiger partial charge is 0.385 e. The second kappa shape index (κ2) is 6.08. The third-order valence-corrected chi connectivity index (χ3v) is 4.92. The Bertz CT molecular complexity index is 529. The van der Waals surface area contributed by atoms with Crippen LogP contribution >= 0.6 is 11.3 Å². The van der Waals surface area contributed by atoms with E-state index in [2.05, 4.69) is 26.7 Å². The Morgan fingerprint density at radius 1 is 1.45 bits per heavy atom. The van der Waals surface area contributed by atoms with E-state index in [-0.39, 0.29) is 0 Å². The van der Waals surface area contributed by atoms with Gasteiger partial charge in [-0.2, -0.15) is 11.3 Å². The van der Waals surface area contributed by atoms with Crippen molar-refractivity contribution in [2.75, 3.05) is 13.1 Å². The normalized spacial score (nSPS) is 19.3. The molecule has 0 spiro atoms. The van der Waals surface area contributed by atoms with E-state index in [1.807, 2.05) is 17.8 Å². The highest BCUT2D eigenvalue weighted by Crippen LogP contribution is 2.30. The maximum absolute atomic E-state index is 10.5. The SMILES string of the molecule is Cn1ccnc1[C@H](O)C1CCN(Cc2ccsc2)CC1. The molecule has 1 aliphatic rings. The van der Waals surface area contributed by atoms with Crippen molar-refractivity contribution in [2.24, 2.45) is 13.0 Å². The van der Waals surface area contributed by atoms with Gasteiger partial charge in [0.2, 0.25) is 0 Å². The van der Waals surface area contributed by atoms with Crippen LogP contribution in [0.4, 0.5) is 0 Å². The lowest BCUT2D eigenvalue weighted by atomic mass is 9.90. The van der Waals surface area contributed by atoms with E-state index in [0.29, 0.717) is 5.92 Å². The Hall–Kier alpha value is -1.17. The molecule has 0 amide bonds. The van der Waals surface area contributed by atoms with Crippen LogP contribution in [0.5, 0.6) is 0 Å². The summed E-state index contributed by atoms with van der Waals surface area (Å²) >= 11 is 1.76. The molecular weight excluding hydrogens is 270 g/mol. The van der Waals surface area contributed by atoms with Gasteiger partial charge < -0.3 is 9.67 Å². The second-order valence-corrected chi connectivity index (χ2v) is 6.37. The zero-order valence-corrected chi connectivity index (χ0v) is 12.6. The van der Waals surface area contributed by atoms with E-state index in [4.69, 9.17) is 0 Å². The molecule has 3 heterocycles. The number of nitrogens with zero attached hydrogens (tertiary/aromatic N) is 3. The molecular formula is C15H21N3OS. The van der Waals surface area contributed by atoms with Gasteiger partial charge in [0.25, 0.3) is 0 Å². The molecule has 4 nitrogen and oxygen atoms in total. The number of aliphatic hydroxyl groups is 1. The van der Waals surface area contributed by atoms with Gasteiger partial charge in [-0.25, -0.2) is 4.98 Å². The maximum Gasteiger partial charge on any atom is 0.137 e. The van der Waals surface area contributed by atoms with Crippen LogP contribution in [0.15, 0.2) is 29.2 Å². The van der Waals surface area contributed by atoms with Crippen LogP contribution in [-0.2, 0) is 13.6 Å². The number of aryl methyl sites for hydroxylation is 1. The van der Waals surface area contributed by atoms with Crippen LogP contribution in [0.1, 0.15) is 30.3 Å². The first-order chi connectivity index (χ1) is 9.74. The average molecular weight is 291 g/mol. The Morgan fingerprint density at radius 3 is 2.85 bits per heavy atom. The number of imidazole rings is 1. The molecule has 1 saturated heterocycles. The zero-order valence-electron chi connectivity index (χ0n) is 11.8. The summed E-state index contributed by atoms with van der Waals surface area (Å²) in [5.74, 6) is 1.12. The van der Waals surface area contributed by atoms with Gasteiger partial charge in [0.05, 0.1) is 0 Å². The van der Waals surface area contributed by atoms with Crippen LogP contribution in [0, 0.1) is 5.92 Å². The lowest BCUT2D eigenvalue weighted by Gasteiger charge is -2.33. The standard InChI is InChI=1S/C15H21N3OS/c1-17-8-5-16-15(17)14(19)13-2-6-18(7-3-13)10-12-4-9-20-11-12/h4-5,8-9,11,13-14,19H,2-3,6-7,10H2,1H3/t14-/m1/s1. The molecule has 0 unspecified atom stereocenters. The molecule has 3 rings (SSSR count). The van der Waals surface area contributed by atoms with Gasteiger partial charge in [0.15, 0.2) is 0 Å². The highest BCUT2D eigenvalue weighted by atomic mass is 32.1. The maximum atomic E-state index is 10.5. The first kappa shape index (κ1) is 13.8. The number of aromatic nitrogens is 2. The van der Waals surface area contributed by atoms with Crippen molar-refractivity contribution >= 4 is 11.3 Å². The van der Waals surface area contributed by atoms with Crippen molar-refractivity contribution in [1.82, 2.24) is 14.5 Å². The molecule has 0 radical (unpaired) electrons. The van der Waals surface area contributed by atoms with Crippen molar-refractivity contribution < 1.29 is 5.11 Å². The summed E-state index contributed by atoms with van der Waals surface area (Å²) in [7, 11) is 1.94. The lowest BCUT2D eigenvalue weighted by molar-refractivity contribution is 0.0492. The van der Waals surface area contributed by atoms with Crippen molar-refractivity contribution in [3.8, 4) is 0 Å². The van der Waals surface area contributed by atoms with Crippen LogP contribution in [0.3, 0.4) is 0 Å². The highest BCUT2D eigenvalue weighted by molar-refractivity contribution is 7.07. The topological polar surface area (TPSA) is 41.3 Å². The molecule has 1 aliphatic heterocycles. The average Bonchev–Trinajstić information content (AvgIpc) is 3.10. The number of likely N-dealkylation sites (tertiary alicyclic amines) is 1. The predicted molar refractivity (Wildman–Crippen MR) is 80.5 cm³/mol. The number of rotatable bonds is 4. The van der Waals surface area contributed by atoms with Crippen molar-refractivity contribution in [3.63, 3.8) is 0 Å². The number of piperidine rings is 1. The van der Waals surface area contributed by atoms with Crippen LogP contribution in [-0.4, -0.2) is 32.6 Å².